The first-order valence-corrected chi connectivity index (χ1v) is 10.5. The second-order valence-corrected chi connectivity index (χ2v) is 8.41. The van der Waals surface area contributed by atoms with Crippen LogP contribution >= 0.6 is 15.9 Å². The van der Waals surface area contributed by atoms with Gasteiger partial charge in [-0.2, -0.15) is 0 Å². The first-order valence-electron chi connectivity index (χ1n) is 9.74. The van der Waals surface area contributed by atoms with E-state index in [1.54, 1.807) is 24.3 Å². The fourth-order valence-corrected chi connectivity index (χ4v) is 3.51. The third-order valence-corrected chi connectivity index (χ3v) is 5.05. The van der Waals surface area contributed by atoms with E-state index in [1.807, 2.05) is 13.8 Å². The fourth-order valence-electron chi connectivity index (χ4n) is 3.15. The SMILES string of the molecule is CC(C)C[C@H](NC(=O)CNC(=O)c1cc(Br)ccc1F)B1OC(=O)c2ccccc2O1. The minimum absolute atomic E-state index is 0.162. The zero-order valence-electron chi connectivity index (χ0n) is 17.0. The summed E-state index contributed by atoms with van der Waals surface area (Å²) in [4.78, 5) is 37.0. The minimum Gasteiger partial charge on any atom is -0.524 e. The van der Waals surface area contributed by atoms with Crippen molar-refractivity contribution >= 4 is 40.8 Å². The Hall–Kier alpha value is -2.88. The number of benzene rings is 2. The largest absolute Gasteiger partial charge is 0.620 e. The molecule has 1 atom stereocenters. The molecular formula is C21H21BBrFN2O5. The molecule has 0 aromatic heterocycles. The molecule has 162 valence electrons. The van der Waals surface area contributed by atoms with Crippen molar-refractivity contribution in [1.82, 2.24) is 10.6 Å². The van der Waals surface area contributed by atoms with Gasteiger partial charge in [-0.25, -0.2) is 9.18 Å². The monoisotopic (exact) mass is 490 g/mol. The summed E-state index contributed by atoms with van der Waals surface area (Å²) in [5, 5.41) is 5.14. The molecule has 0 saturated heterocycles. The van der Waals surface area contributed by atoms with Crippen molar-refractivity contribution in [2.75, 3.05) is 6.54 Å². The molecule has 1 heterocycles. The van der Waals surface area contributed by atoms with E-state index in [1.165, 1.54) is 12.1 Å². The van der Waals surface area contributed by atoms with Crippen LogP contribution in [0.15, 0.2) is 46.9 Å². The van der Waals surface area contributed by atoms with Gasteiger partial charge >= 0.3 is 13.1 Å². The van der Waals surface area contributed by atoms with Gasteiger partial charge in [0.05, 0.1) is 23.6 Å². The second kappa shape index (κ2) is 9.95. The molecule has 0 aliphatic carbocycles. The summed E-state index contributed by atoms with van der Waals surface area (Å²) in [6.45, 7) is 3.53. The summed E-state index contributed by atoms with van der Waals surface area (Å²) in [6, 6.07) is 10.7. The van der Waals surface area contributed by atoms with Gasteiger partial charge in [-0.1, -0.05) is 41.9 Å². The van der Waals surface area contributed by atoms with Gasteiger partial charge in [0.25, 0.3) is 5.91 Å². The lowest BCUT2D eigenvalue weighted by atomic mass is 9.72. The number of amides is 2. The zero-order chi connectivity index (χ0) is 22.5. The van der Waals surface area contributed by atoms with E-state index in [9.17, 15) is 18.8 Å². The van der Waals surface area contributed by atoms with Crippen molar-refractivity contribution in [2.45, 2.75) is 26.2 Å². The molecule has 3 rings (SSSR count). The van der Waals surface area contributed by atoms with E-state index in [0.717, 1.165) is 6.07 Å². The minimum atomic E-state index is -1.01. The number of halogens is 2. The van der Waals surface area contributed by atoms with Crippen LogP contribution < -0.4 is 15.3 Å². The third kappa shape index (κ3) is 5.84. The molecule has 0 spiro atoms. The average Bonchev–Trinajstić information content (AvgIpc) is 2.73. The van der Waals surface area contributed by atoms with Crippen molar-refractivity contribution in [3.05, 3.63) is 63.9 Å². The summed E-state index contributed by atoms with van der Waals surface area (Å²) in [5.74, 6) is -2.56. The Morgan fingerprint density at radius 3 is 2.65 bits per heavy atom. The molecule has 10 heteroatoms. The van der Waals surface area contributed by atoms with Crippen LogP contribution in [-0.4, -0.2) is 37.4 Å². The molecule has 31 heavy (non-hydrogen) atoms. The maximum absolute atomic E-state index is 13.9. The highest BCUT2D eigenvalue weighted by Crippen LogP contribution is 2.26. The first kappa shape index (κ1) is 22.8. The Bertz CT molecular complexity index is 1000. The van der Waals surface area contributed by atoms with E-state index >= 15 is 0 Å². The van der Waals surface area contributed by atoms with Crippen molar-refractivity contribution in [2.24, 2.45) is 5.92 Å². The maximum atomic E-state index is 13.9. The lowest BCUT2D eigenvalue weighted by molar-refractivity contribution is -0.120. The highest BCUT2D eigenvalue weighted by atomic mass is 79.9. The van der Waals surface area contributed by atoms with Crippen LogP contribution in [0.3, 0.4) is 0 Å². The quantitative estimate of drug-likeness (QED) is 0.581. The average molecular weight is 491 g/mol. The van der Waals surface area contributed by atoms with E-state index in [2.05, 4.69) is 26.6 Å². The number of fused-ring (bicyclic) bond motifs is 1. The predicted octanol–water partition coefficient (Wildman–Crippen LogP) is 3.13. The van der Waals surface area contributed by atoms with Crippen molar-refractivity contribution < 1.29 is 28.1 Å². The van der Waals surface area contributed by atoms with Gasteiger partial charge in [-0.05, 0) is 42.7 Å². The van der Waals surface area contributed by atoms with Crippen LogP contribution in [0.5, 0.6) is 5.75 Å². The molecule has 2 N–H and O–H groups in total. The number of hydrogen-bond donors (Lipinski definition) is 2. The molecule has 0 bridgehead atoms. The smallest absolute Gasteiger partial charge is 0.524 e. The van der Waals surface area contributed by atoms with E-state index < -0.39 is 36.7 Å². The molecule has 1 aliphatic rings. The topological polar surface area (TPSA) is 93.7 Å². The number of carbonyl (C=O) groups is 3. The molecule has 0 radical (unpaired) electrons. The molecular weight excluding hydrogens is 470 g/mol. The molecule has 2 amide bonds. The van der Waals surface area contributed by atoms with Gasteiger partial charge < -0.3 is 19.9 Å². The molecule has 1 aliphatic heterocycles. The zero-order valence-corrected chi connectivity index (χ0v) is 18.6. The number of rotatable bonds is 7. The van der Waals surface area contributed by atoms with Gasteiger partial charge in [0, 0.05) is 4.47 Å². The summed E-state index contributed by atoms with van der Waals surface area (Å²) in [7, 11) is -1.01. The standard InChI is InChI=1S/C21H21BBrFN2O5/c1-12(2)9-18(22-30-17-6-4-3-5-14(17)21(29)31-22)26-19(27)11-25-20(28)15-10-13(23)7-8-16(15)24/h3-8,10,12,18H,9,11H2,1-2H3,(H,25,28)(H,26,27)/t18-/m0/s1. The number of hydrogen-bond acceptors (Lipinski definition) is 5. The lowest BCUT2D eigenvalue weighted by Crippen LogP contribution is -2.55. The Morgan fingerprint density at radius 2 is 1.90 bits per heavy atom. The summed E-state index contributed by atoms with van der Waals surface area (Å²) >= 11 is 3.18. The van der Waals surface area contributed by atoms with Gasteiger partial charge in [0.1, 0.15) is 11.6 Å². The van der Waals surface area contributed by atoms with Crippen LogP contribution in [0.25, 0.3) is 0 Å². The number of nitrogens with one attached hydrogen (secondary N) is 2. The Morgan fingerprint density at radius 1 is 1.16 bits per heavy atom. The Balaban J connectivity index is 1.64. The van der Waals surface area contributed by atoms with Crippen LogP contribution in [0.4, 0.5) is 4.39 Å². The molecule has 0 saturated carbocycles. The van der Waals surface area contributed by atoms with Gasteiger partial charge in [0.15, 0.2) is 0 Å². The summed E-state index contributed by atoms with van der Waals surface area (Å²) < 4.78 is 25.6. The predicted molar refractivity (Wildman–Crippen MR) is 116 cm³/mol. The molecule has 2 aromatic rings. The van der Waals surface area contributed by atoms with Gasteiger partial charge in [-0.15, -0.1) is 0 Å². The molecule has 0 fully saturated rings. The van der Waals surface area contributed by atoms with Gasteiger partial charge in [0.2, 0.25) is 5.91 Å². The molecule has 2 aromatic carbocycles. The van der Waals surface area contributed by atoms with Crippen molar-refractivity contribution in [1.29, 1.82) is 0 Å². The first-order chi connectivity index (χ1) is 14.7. The normalized spacial score (nSPS) is 13.7. The van der Waals surface area contributed by atoms with Crippen LogP contribution in [0.2, 0.25) is 0 Å². The second-order valence-electron chi connectivity index (χ2n) is 7.50. The van der Waals surface area contributed by atoms with Gasteiger partial charge in [-0.3, -0.25) is 9.59 Å². The molecule has 0 unspecified atom stereocenters. The Labute approximate surface area is 188 Å². The summed E-state index contributed by atoms with van der Waals surface area (Å²) in [5.41, 5.74) is 0.138. The van der Waals surface area contributed by atoms with E-state index in [4.69, 9.17) is 9.31 Å². The van der Waals surface area contributed by atoms with Crippen molar-refractivity contribution in [3.8, 4) is 5.75 Å². The highest BCUT2D eigenvalue weighted by Gasteiger charge is 2.42. The van der Waals surface area contributed by atoms with Crippen molar-refractivity contribution in [3.63, 3.8) is 0 Å². The number of para-hydroxylation sites is 1. The van der Waals surface area contributed by atoms with Crippen LogP contribution in [0.1, 0.15) is 41.0 Å². The van der Waals surface area contributed by atoms with Crippen LogP contribution in [-0.2, 0) is 9.45 Å². The maximum Gasteiger partial charge on any atom is 0.620 e. The van der Waals surface area contributed by atoms with E-state index in [0.29, 0.717) is 22.2 Å². The third-order valence-electron chi connectivity index (χ3n) is 4.56. The highest BCUT2D eigenvalue weighted by molar-refractivity contribution is 9.10. The summed E-state index contributed by atoms with van der Waals surface area (Å²) in [6.07, 6.45) is 0.472. The van der Waals surface area contributed by atoms with Crippen LogP contribution in [0, 0.1) is 11.7 Å². The number of carbonyl (C=O) groups excluding carboxylic acids is 3. The molecule has 7 nitrogen and oxygen atoms in total. The Kier molecular flexibility index (Phi) is 7.32. The lowest BCUT2D eigenvalue weighted by Gasteiger charge is -2.29. The fraction of sp³-hybridized carbons (Fsp3) is 0.286. The van der Waals surface area contributed by atoms with E-state index in [-0.39, 0.29) is 18.0 Å².